The fourth-order valence-electron chi connectivity index (χ4n) is 9.25. The monoisotopic (exact) mass is 996 g/mol. The zero-order chi connectivity index (χ0) is 49.5. The van der Waals surface area contributed by atoms with Crippen molar-refractivity contribution in [2.75, 3.05) is 45.6 Å². The van der Waals surface area contributed by atoms with E-state index in [9.17, 15) is 49.2 Å². The minimum Gasteiger partial charge on any atom is -0.493 e. The van der Waals surface area contributed by atoms with Crippen LogP contribution in [-0.2, 0) is 51.8 Å². The maximum absolute atomic E-state index is 15.0. The number of sulfonamides is 2. The van der Waals surface area contributed by atoms with E-state index >= 15 is 0 Å². The van der Waals surface area contributed by atoms with Gasteiger partial charge >= 0.3 is 12.3 Å². The van der Waals surface area contributed by atoms with Crippen molar-refractivity contribution < 1.29 is 63.4 Å². The molecule has 3 N–H and O–H groups in total. The first kappa shape index (κ1) is 51.2. The Morgan fingerprint density at radius 2 is 1.76 bits per heavy atom. The molecule has 4 unspecified atom stereocenters. The summed E-state index contributed by atoms with van der Waals surface area (Å²) in [5.41, 5.74) is -4.33. The second kappa shape index (κ2) is 19.6. The van der Waals surface area contributed by atoms with E-state index in [0.717, 1.165) is 30.4 Å². The van der Waals surface area contributed by atoms with Gasteiger partial charge in [-0.15, -0.1) is 0 Å². The molecule has 1 aromatic heterocycles. The summed E-state index contributed by atoms with van der Waals surface area (Å²) >= 11 is 0. The third kappa shape index (κ3) is 11.3. The Hall–Kier alpha value is -4.70. The number of carbonyl (C=O) groups excluding carboxylic acids is 4. The van der Waals surface area contributed by atoms with E-state index < -0.39 is 95.9 Å². The van der Waals surface area contributed by atoms with Crippen molar-refractivity contribution >= 4 is 54.8 Å². The Labute approximate surface area is 395 Å². The van der Waals surface area contributed by atoms with Crippen molar-refractivity contribution in [3.63, 3.8) is 0 Å². The normalized spacial score (nSPS) is 25.0. The third-order valence-corrected chi connectivity index (χ3v) is 17.3. The number of nitrogens with one attached hydrogen (secondary N) is 3. The number of fused-ring (bicyclic) bond motifs is 3. The first-order chi connectivity index (χ1) is 31.9. The zero-order valence-electron chi connectivity index (χ0n) is 39.2. The van der Waals surface area contributed by atoms with Crippen molar-refractivity contribution in [3.8, 4) is 11.5 Å². The molecule has 3 aliphatic heterocycles. The van der Waals surface area contributed by atoms with Crippen LogP contribution in [0.15, 0.2) is 30.4 Å². The third-order valence-electron chi connectivity index (χ3n) is 13.9. The zero-order valence-corrected chi connectivity index (χ0v) is 40.8. The van der Waals surface area contributed by atoms with Crippen molar-refractivity contribution in [1.29, 1.82) is 0 Å². The fourth-order valence-corrected chi connectivity index (χ4v) is 11.4. The molecule has 4 fully saturated rings. The van der Waals surface area contributed by atoms with Crippen LogP contribution >= 0.6 is 0 Å². The second-order valence-electron chi connectivity index (χ2n) is 19.8. The Balaban J connectivity index is 1.16. The molecule has 7 rings (SSSR count). The maximum Gasteiger partial charge on any atom is 0.437 e. The van der Waals surface area contributed by atoms with Gasteiger partial charge in [0.25, 0.3) is 5.91 Å². The number of hydrogen-bond acceptors (Lipinski definition) is 12. The molecule has 2 aromatic rings. The highest BCUT2D eigenvalue weighted by Crippen LogP contribution is 2.50. The number of aromatic nitrogens is 1. The summed E-state index contributed by atoms with van der Waals surface area (Å²) in [7, 11) is -7.45. The quantitative estimate of drug-likeness (QED) is 0.127. The molecule has 1 aromatic carbocycles. The summed E-state index contributed by atoms with van der Waals surface area (Å²) in [6.45, 7) is 7.22. The lowest BCUT2D eigenvalue weighted by Crippen LogP contribution is -2.57. The number of allylic oxidation sites excluding steroid dienone is 1. The van der Waals surface area contributed by atoms with Gasteiger partial charge in [0, 0.05) is 36.4 Å². The second-order valence-corrected chi connectivity index (χ2v) is 24.0. The van der Waals surface area contributed by atoms with Gasteiger partial charge in [-0.1, -0.05) is 45.8 Å². The number of ether oxygens (including phenoxy) is 3. The number of piperidine rings is 1. The predicted octanol–water partition coefficient (Wildman–Crippen LogP) is 5.36. The largest absolute Gasteiger partial charge is 0.493 e. The Bertz CT molecular complexity index is 2530. The van der Waals surface area contributed by atoms with Crippen LogP contribution in [0.25, 0.3) is 10.9 Å². The molecule has 376 valence electrons. The molecule has 4 heterocycles. The van der Waals surface area contributed by atoms with Crippen molar-refractivity contribution in [3.05, 3.63) is 41.6 Å². The summed E-state index contributed by atoms with van der Waals surface area (Å²) in [5, 5.41) is 5.51. The summed E-state index contributed by atoms with van der Waals surface area (Å²) in [5.74, 6) is -3.31. The van der Waals surface area contributed by atoms with Crippen LogP contribution in [0.2, 0.25) is 0 Å². The number of nitrogens with zero attached hydrogens (tertiary/aromatic N) is 3. The van der Waals surface area contributed by atoms with Gasteiger partial charge < -0.3 is 29.7 Å². The van der Waals surface area contributed by atoms with Gasteiger partial charge in [-0.25, -0.2) is 30.9 Å². The molecule has 2 saturated carbocycles. The number of unbranched alkanes of at least 4 members (excludes halogenated alkanes) is 3. The molecule has 2 saturated heterocycles. The summed E-state index contributed by atoms with van der Waals surface area (Å²) < 4.78 is 116. The molecule has 4 amide bonds. The first-order valence-electron chi connectivity index (χ1n) is 23.5. The first-order valence-corrected chi connectivity index (χ1v) is 26.8. The van der Waals surface area contributed by atoms with Crippen LogP contribution in [0.4, 0.5) is 18.0 Å². The van der Waals surface area contributed by atoms with E-state index in [1.807, 2.05) is 19.9 Å². The van der Waals surface area contributed by atoms with Gasteiger partial charge in [0.2, 0.25) is 31.9 Å². The number of amides is 4. The molecule has 5 aliphatic rings. The highest BCUT2D eigenvalue weighted by Gasteiger charge is 2.64. The van der Waals surface area contributed by atoms with E-state index in [0.29, 0.717) is 56.3 Å². The van der Waals surface area contributed by atoms with Gasteiger partial charge in [0.1, 0.15) is 29.5 Å². The topological polar surface area (TPSA) is 220 Å². The average Bonchev–Trinajstić information content (AvgIpc) is 4.17. The molecule has 0 bridgehead atoms. The molecule has 1 spiro atoms. The smallest absolute Gasteiger partial charge is 0.437 e. The number of aryl methyl sites for hydroxylation is 1. The van der Waals surface area contributed by atoms with Crippen LogP contribution in [0.3, 0.4) is 0 Å². The fraction of sp³-hybridized carbons (Fsp3) is 0.674. The van der Waals surface area contributed by atoms with Gasteiger partial charge in [0.05, 0.1) is 36.3 Å². The number of rotatable bonds is 18. The van der Waals surface area contributed by atoms with Gasteiger partial charge in [-0.2, -0.15) is 13.2 Å². The molecule has 22 heteroatoms. The molecule has 2 aliphatic carbocycles. The number of halogens is 3. The summed E-state index contributed by atoms with van der Waals surface area (Å²) in [4.78, 5) is 60.4. The van der Waals surface area contributed by atoms with Crippen LogP contribution in [0.5, 0.6) is 11.5 Å². The van der Waals surface area contributed by atoms with Crippen molar-refractivity contribution in [1.82, 2.24) is 29.5 Å². The maximum atomic E-state index is 15.0. The summed E-state index contributed by atoms with van der Waals surface area (Å²) in [6, 6.07) is 3.12. The summed E-state index contributed by atoms with van der Waals surface area (Å²) in [6.07, 6.45) is 4.12. The van der Waals surface area contributed by atoms with E-state index in [1.54, 1.807) is 12.1 Å². The van der Waals surface area contributed by atoms with Crippen LogP contribution < -0.4 is 24.8 Å². The lowest BCUT2D eigenvalue weighted by atomic mass is 9.87. The average molecular weight is 997 g/mol. The Morgan fingerprint density at radius 1 is 1.04 bits per heavy atom. The lowest BCUT2D eigenvalue weighted by Gasteiger charge is -2.37. The number of carbonyl (C=O) groups is 4. The van der Waals surface area contributed by atoms with Crippen LogP contribution in [0, 0.1) is 17.8 Å². The Kier molecular flexibility index (Phi) is 14.7. The number of alkyl halides is 3. The van der Waals surface area contributed by atoms with Gasteiger partial charge in [-0.3, -0.25) is 19.1 Å². The molecule has 17 nitrogen and oxygen atoms in total. The Morgan fingerprint density at radius 3 is 2.41 bits per heavy atom. The van der Waals surface area contributed by atoms with E-state index in [4.69, 9.17) is 14.2 Å². The number of alkyl carbamates (subject to hydrolysis) is 1. The molecular weight excluding hydrogens is 934 g/mol. The number of likely N-dealkylation sites (tertiary alicyclic amines) is 1. The SMILES string of the molecule is CCCCCC=CC1CC1(NC(=O)C1CC2(CCc3c(c(C(F)(F)F)nc4ccc(OCC5CCN(S(C)(=O)=O)CC5)cc34)O2)CN1C(=O)CNC(=O)OCC(C)C)C(=O)NS(=O)(=O)C1(C)CC1. The number of benzene rings is 1. The highest BCUT2D eigenvalue weighted by molar-refractivity contribution is 7.91. The van der Waals surface area contributed by atoms with Gasteiger partial charge in [-0.05, 0) is 94.7 Å². The molecular formula is C46H63F3N6O11S2. The minimum absolute atomic E-state index is 0.00879. The minimum atomic E-state index is -4.99. The standard InChI is InChI=1S/C46H63F3N6O11S2/c1-6-7-8-9-10-11-31-23-45(31,41(58)53-68(62,63)43(4)18-19-43)52-40(57)36-24-44(28-55(36)37(56)25-50-42(59)65-26-29(2)3)17-14-33-34-22-32(64-27-30-15-20-54(21-16-30)67(5,60)61)12-13-35(34)51-39(38(33)66-44)46(47,48)49/h10-13,22,29-31,36H,6-9,14-21,23-28H2,1-5H3,(H,50,59)(H,52,57)(H,53,58). The van der Waals surface area contributed by atoms with Gasteiger partial charge in [0.15, 0.2) is 11.4 Å². The van der Waals surface area contributed by atoms with Crippen LogP contribution in [-0.4, -0.2) is 122 Å². The van der Waals surface area contributed by atoms with E-state index in [-0.39, 0.29) is 68.4 Å². The molecule has 68 heavy (non-hydrogen) atoms. The van der Waals surface area contributed by atoms with Crippen molar-refractivity contribution in [2.24, 2.45) is 17.8 Å². The van der Waals surface area contributed by atoms with E-state index in [2.05, 4.69) is 27.3 Å². The number of pyridine rings is 1. The predicted molar refractivity (Wildman–Crippen MR) is 244 cm³/mol. The van der Waals surface area contributed by atoms with E-state index in [1.165, 1.54) is 23.4 Å². The number of hydrogen-bond donors (Lipinski definition) is 3. The molecule has 0 radical (unpaired) electrons. The van der Waals surface area contributed by atoms with Crippen molar-refractivity contribution in [2.45, 2.75) is 133 Å². The lowest BCUT2D eigenvalue weighted by molar-refractivity contribution is -0.144. The molecule has 4 atom stereocenters. The highest BCUT2D eigenvalue weighted by atomic mass is 32.2. The van der Waals surface area contributed by atoms with Crippen LogP contribution in [0.1, 0.15) is 110 Å².